The average molecular weight is 190 g/mol. The first kappa shape index (κ1) is 10.9. The van der Waals surface area contributed by atoms with Crippen LogP contribution in [-0.4, -0.2) is 52.9 Å². The molecule has 0 aliphatic carbocycles. The van der Waals surface area contributed by atoms with Crippen molar-refractivity contribution in [2.75, 3.05) is 34.5 Å². The van der Waals surface area contributed by atoms with Crippen LogP contribution in [0.4, 0.5) is 0 Å². The van der Waals surface area contributed by atoms with Crippen LogP contribution < -0.4 is 0 Å². The zero-order valence-corrected chi connectivity index (χ0v) is 8.49. The van der Waals surface area contributed by atoms with Gasteiger partial charge in [-0.05, 0) is 0 Å². The minimum absolute atomic E-state index is 0.0538. The highest BCUT2D eigenvalue weighted by Gasteiger charge is 2.31. The lowest BCUT2D eigenvalue weighted by Crippen LogP contribution is -2.44. The van der Waals surface area contributed by atoms with E-state index in [4.69, 9.17) is 18.9 Å². The van der Waals surface area contributed by atoms with Crippen LogP contribution in [0.25, 0.3) is 0 Å². The van der Waals surface area contributed by atoms with Crippen molar-refractivity contribution in [1.82, 2.24) is 0 Å². The molecule has 1 rings (SSSR count). The van der Waals surface area contributed by atoms with Crippen LogP contribution in [0.2, 0.25) is 0 Å². The Morgan fingerprint density at radius 2 is 1.85 bits per heavy atom. The number of hydrogen-bond donors (Lipinski definition) is 0. The molecule has 13 heavy (non-hydrogen) atoms. The fourth-order valence-corrected chi connectivity index (χ4v) is 1.59. The summed E-state index contributed by atoms with van der Waals surface area (Å²) in [4.78, 5) is 0. The third-order valence-corrected chi connectivity index (χ3v) is 2.36. The second kappa shape index (κ2) is 5.54. The molecule has 1 fully saturated rings. The molecule has 4 nitrogen and oxygen atoms in total. The lowest BCUT2D eigenvalue weighted by molar-refractivity contribution is -0.154. The summed E-state index contributed by atoms with van der Waals surface area (Å²) in [6.45, 7) is 1.21. The van der Waals surface area contributed by atoms with Gasteiger partial charge in [-0.2, -0.15) is 0 Å². The highest BCUT2D eigenvalue weighted by molar-refractivity contribution is 4.79. The summed E-state index contributed by atoms with van der Waals surface area (Å²) in [6.07, 6.45) is 1.15. The molecule has 0 bridgehead atoms. The standard InChI is InChI=1S/C9H18O4/c1-10-5-7-4-8(11-2)9(12-3)6-13-7/h7-9H,4-6H2,1-3H3. The van der Waals surface area contributed by atoms with Gasteiger partial charge in [-0.3, -0.25) is 0 Å². The zero-order chi connectivity index (χ0) is 9.68. The van der Waals surface area contributed by atoms with E-state index >= 15 is 0 Å². The lowest BCUT2D eigenvalue weighted by atomic mass is 10.0. The predicted octanol–water partition coefficient (Wildman–Crippen LogP) is 0.452. The molecule has 4 heteroatoms. The Kier molecular flexibility index (Phi) is 4.66. The molecule has 0 aromatic carbocycles. The normalized spacial score (nSPS) is 34.8. The van der Waals surface area contributed by atoms with Crippen LogP contribution in [0.3, 0.4) is 0 Å². The van der Waals surface area contributed by atoms with E-state index in [9.17, 15) is 0 Å². The Balaban J connectivity index is 2.38. The van der Waals surface area contributed by atoms with Crippen molar-refractivity contribution in [3.05, 3.63) is 0 Å². The number of methoxy groups -OCH3 is 3. The molecule has 0 N–H and O–H groups in total. The van der Waals surface area contributed by atoms with E-state index in [0.717, 1.165) is 6.42 Å². The maximum absolute atomic E-state index is 5.52. The maximum Gasteiger partial charge on any atom is 0.107 e. The summed E-state index contributed by atoms with van der Waals surface area (Å²) in [6, 6.07) is 0. The van der Waals surface area contributed by atoms with Crippen LogP contribution in [0.15, 0.2) is 0 Å². The van der Waals surface area contributed by atoms with Crippen molar-refractivity contribution in [2.24, 2.45) is 0 Å². The first-order valence-electron chi connectivity index (χ1n) is 4.48. The lowest BCUT2D eigenvalue weighted by Gasteiger charge is -2.34. The second-order valence-corrected chi connectivity index (χ2v) is 3.19. The molecule has 1 aliphatic heterocycles. The molecule has 0 spiro atoms. The van der Waals surface area contributed by atoms with Gasteiger partial charge in [0.15, 0.2) is 0 Å². The largest absolute Gasteiger partial charge is 0.382 e. The fourth-order valence-electron chi connectivity index (χ4n) is 1.59. The van der Waals surface area contributed by atoms with Crippen molar-refractivity contribution in [3.63, 3.8) is 0 Å². The fraction of sp³-hybridized carbons (Fsp3) is 1.00. The Bertz CT molecular complexity index is 140. The van der Waals surface area contributed by atoms with Crippen molar-refractivity contribution >= 4 is 0 Å². The van der Waals surface area contributed by atoms with E-state index in [1.807, 2.05) is 0 Å². The first-order chi connectivity index (χ1) is 6.31. The van der Waals surface area contributed by atoms with Gasteiger partial charge in [-0.15, -0.1) is 0 Å². The molecule has 1 saturated heterocycles. The van der Waals surface area contributed by atoms with Crippen LogP contribution in [0.1, 0.15) is 6.42 Å². The zero-order valence-electron chi connectivity index (χ0n) is 8.49. The third kappa shape index (κ3) is 2.91. The quantitative estimate of drug-likeness (QED) is 0.645. The molecule has 3 atom stereocenters. The van der Waals surface area contributed by atoms with E-state index in [2.05, 4.69) is 0 Å². The minimum Gasteiger partial charge on any atom is -0.382 e. The highest BCUT2D eigenvalue weighted by Crippen LogP contribution is 2.18. The summed E-state index contributed by atoms with van der Waals surface area (Å²) >= 11 is 0. The van der Waals surface area contributed by atoms with Crippen LogP contribution in [-0.2, 0) is 18.9 Å². The molecule has 0 amide bonds. The molecule has 78 valence electrons. The van der Waals surface area contributed by atoms with Crippen LogP contribution >= 0.6 is 0 Å². The molecule has 3 unspecified atom stereocenters. The molecule has 0 saturated carbocycles. The van der Waals surface area contributed by atoms with Crippen LogP contribution in [0, 0.1) is 0 Å². The predicted molar refractivity (Wildman–Crippen MR) is 47.8 cm³/mol. The number of ether oxygens (including phenoxy) is 4. The van der Waals surface area contributed by atoms with Gasteiger partial charge < -0.3 is 18.9 Å². The summed E-state index contributed by atoms with van der Waals surface area (Å²) < 4.78 is 21.1. The molecular weight excluding hydrogens is 172 g/mol. The van der Waals surface area contributed by atoms with E-state index in [1.165, 1.54) is 0 Å². The number of hydrogen-bond acceptors (Lipinski definition) is 4. The highest BCUT2D eigenvalue weighted by atomic mass is 16.6. The van der Waals surface area contributed by atoms with E-state index in [0.29, 0.717) is 13.2 Å². The smallest absolute Gasteiger partial charge is 0.107 e. The van der Waals surface area contributed by atoms with Gasteiger partial charge in [0.2, 0.25) is 0 Å². The Hall–Kier alpha value is -0.160. The maximum atomic E-state index is 5.52. The SMILES string of the molecule is COCC1CC(OC)C(OC)CO1. The Morgan fingerprint density at radius 3 is 2.38 bits per heavy atom. The molecular formula is C9H18O4. The van der Waals surface area contributed by atoms with Crippen molar-refractivity contribution in [1.29, 1.82) is 0 Å². The molecule has 1 aliphatic rings. The van der Waals surface area contributed by atoms with Crippen molar-refractivity contribution in [2.45, 2.75) is 24.7 Å². The van der Waals surface area contributed by atoms with E-state index in [-0.39, 0.29) is 18.3 Å². The Morgan fingerprint density at radius 1 is 1.15 bits per heavy atom. The molecule has 0 aromatic rings. The van der Waals surface area contributed by atoms with Gasteiger partial charge in [0, 0.05) is 27.8 Å². The molecule has 0 radical (unpaired) electrons. The summed E-state index contributed by atoms with van der Waals surface area (Å²) in [5.41, 5.74) is 0. The molecule has 1 heterocycles. The Labute approximate surface area is 79.1 Å². The number of rotatable bonds is 4. The third-order valence-electron chi connectivity index (χ3n) is 2.36. The summed E-state index contributed by atoms with van der Waals surface area (Å²) in [5.74, 6) is 0. The summed E-state index contributed by atoms with van der Waals surface area (Å²) in [7, 11) is 5.05. The van der Waals surface area contributed by atoms with Gasteiger partial charge in [-0.25, -0.2) is 0 Å². The first-order valence-corrected chi connectivity index (χ1v) is 4.48. The van der Waals surface area contributed by atoms with Crippen LogP contribution in [0.5, 0.6) is 0 Å². The monoisotopic (exact) mass is 190 g/mol. The summed E-state index contributed by atoms with van der Waals surface area (Å²) in [5, 5.41) is 0. The van der Waals surface area contributed by atoms with E-state index < -0.39 is 0 Å². The molecule has 0 aromatic heterocycles. The van der Waals surface area contributed by atoms with Gasteiger partial charge in [0.05, 0.1) is 25.4 Å². The average Bonchev–Trinajstić information content (AvgIpc) is 2.18. The second-order valence-electron chi connectivity index (χ2n) is 3.19. The van der Waals surface area contributed by atoms with Gasteiger partial charge in [0.25, 0.3) is 0 Å². The minimum atomic E-state index is 0.0538. The topological polar surface area (TPSA) is 36.9 Å². The van der Waals surface area contributed by atoms with Gasteiger partial charge in [-0.1, -0.05) is 0 Å². The van der Waals surface area contributed by atoms with Crippen molar-refractivity contribution < 1.29 is 18.9 Å². The van der Waals surface area contributed by atoms with E-state index in [1.54, 1.807) is 21.3 Å². The van der Waals surface area contributed by atoms with Crippen molar-refractivity contribution in [3.8, 4) is 0 Å². The van der Waals surface area contributed by atoms with Gasteiger partial charge in [0.1, 0.15) is 6.10 Å². The van der Waals surface area contributed by atoms with Gasteiger partial charge >= 0.3 is 0 Å².